The van der Waals surface area contributed by atoms with E-state index in [-0.39, 0.29) is 0 Å². The number of terminal acetylenes is 1. The third kappa shape index (κ3) is 4.10. The monoisotopic (exact) mass is 284 g/mol. The number of nitrogens with one attached hydrogen (secondary N) is 1. The highest BCUT2D eigenvalue weighted by molar-refractivity contribution is 5.82. The molecule has 0 saturated carbocycles. The predicted molar refractivity (Wildman–Crippen MR) is 87.9 cm³/mol. The van der Waals surface area contributed by atoms with Crippen molar-refractivity contribution in [1.82, 2.24) is 10.2 Å². The van der Waals surface area contributed by atoms with Gasteiger partial charge >= 0.3 is 0 Å². The van der Waals surface area contributed by atoms with Crippen LogP contribution in [0.1, 0.15) is 25.2 Å². The van der Waals surface area contributed by atoms with Crippen molar-refractivity contribution in [2.45, 2.75) is 26.9 Å². The number of furan rings is 1. The van der Waals surface area contributed by atoms with Crippen molar-refractivity contribution in [1.29, 1.82) is 0 Å². The molecule has 1 aromatic carbocycles. The second-order valence-electron chi connectivity index (χ2n) is 5.90. The smallest absolute Gasteiger partial charge is 0.134 e. The fourth-order valence-electron chi connectivity index (χ4n) is 2.41. The second kappa shape index (κ2) is 7.31. The third-order valence-corrected chi connectivity index (χ3v) is 3.41. The van der Waals surface area contributed by atoms with Crippen LogP contribution in [0.3, 0.4) is 0 Å². The lowest BCUT2D eigenvalue weighted by Gasteiger charge is -2.13. The van der Waals surface area contributed by atoms with E-state index in [0.29, 0.717) is 12.5 Å². The Morgan fingerprint density at radius 3 is 2.81 bits per heavy atom. The third-order valence-electron chi connectivity index (χ3n) is 3.41. The molecule has 21 heavy (non-hydrogen) atoms. The highest BCUT2D eigenvalue weighted by atomic mass is 16.3. The minimum atomic E-state index is 0.621. The molecule has 0 atom stereocenters. The summed E-state index contributed by atoms with van der Waals surface area (Å²) in [5.41, 5.74) is 2.19. The molecule has 0 spiro atoms. The Hall–Kier alpha value is -1.76. The summed E-state index contributed by atoms with van der Waals surface area (Å²) in [5.74, 6) is 4.31. The quantitative estimate of drug-likeness (QED) is 0.791. The van der Waals surface area contributed by atoms with Gasteiger partial charge in [-0.05, 0) is 25.6 Å². The van der Waals surface area contributed by atoms with Crippen molar-refractivity contribution < 1.29 is 4.42 Å². The van der Waals surface area contributed by atoms with Crippen molar-refractivity contribution in [3.63, 3.8) is 0 Å². The molecule has 0 fully saturated rings. The van der Waals surface area contributed by atoms with Crippen molar-refractivity contribution in [3.05, 3.63) is 35.6 Å². The molecule has 3 nitrogen and oxygen atoms in total. The standard InChI is InChI=1S/C18H24N2O/c1-5-10-20(4)13-18-16(12-19-11-14(2)3)15-8-6-7-9-17(15)21-18/h1,6-9,14,19H,10-13H2,2-4H3. The van der Waals surface area contributed by atoms with E-state index in [4.69, 9.17) is 10.8 Å². The molecule has 0 aliphatic rings. The minimum absolute atomic E-state index is 0.621. The van der Waals surface area contributed by atoms with Crippen LogP contribution in [-0.2, 0) is 13.1 Å². The van der Waals surface area contributed by atoms with Crippen LogP contribution >= 0.6 is 0 Å². The Balaban J connectivity index is 2.23. The van der Waals surface area contributed by atoms with Crippen LogP contribution in [0.5, 0.6) is 0 Å². The lowest BCUT2D eigenvalue weighted by atomic mass is 10.1. The number of rotatable bonds is 7. The van der Waals surface area contributed by atoms with Crippen LogP contribution in [-0.4, -0.2) is 25.0 Å². The zero-order chi connectivity index (χ0) is 15.2. The molecule has 1 heterocycles. The van der Waals surface area contributed by atoms with E-state index in [1.165, 1.54) is 10.9 Å². The zero-order valence-electron chi connectivity index (χ0n) is 13.1. The molecule has 2 aromatic rings. The van der Waals surface area contributed by atoms with Gasteiger partial charge in [0.15, 0.2) is 0 Å². The molecule has 0 bridgehead atoms. The molecule has 0 radical (unpaired) electrons. The van der Waals surface area contributed by atoms with Gasteiger partial charge in [-0.3, -0.25) is 4.90 Å². The van der Waals surface area contributed by atoms with Crippen molar-refractivity contribution in [2.24, 2.45) is 5.92 Å². The Labute approximate surface area is 127 Å². The fourth-order valence-corrected chi connectivity index (χ4v) is 2.41. The molecular formula is C18H24N2O. The number of fused-ring (bicyclic) bond motifs is 1. The van der Waals surface area contributed by atoms with E-state index in [1.807, 2.05) is 19.2 Å². The van der Waals surface area contributed by atoms with Gasteiger partial charge in [0, 0.05) is 17.5 Å². The first kappa shape index (κ1) is 15.6. The molecule has 3 heteroatoms. The molecule has 0 saturated heterocycles. The molecule has 1 N–H and O–H groups in total. The van der Waals surface area contributed by atoms with E-state index >= 15 is 0 Å². The first-order valence-corrected chi connectivity index (χ1v) is 7.43. The number of benzene rings is 1. The van der Waals surface area contributed by atoms with E-state index < -0.39 is 0 Å². The first-order chi connectivity index (χ1) is 10.1. The van der Waals surface area contributed by atoms with E-state index in [1.54, 1.807) is 0 Å². The molecule has 0 aliphatic heterocycles. The van der Waals surface area contributed by atoms with Crippen LogP contribution in [0.25, 0.3) is 11.0 Å². The molecular weight excluding hydrogens is 260 g/mol. The van der Waals surface area contributed by atoms with Gasteiger partial charge in [-0.2, -0.15) is 0 Å². The topological polar surface area (TPSA) is 28.4 Å². The minimum Gasteiger partial charge on any atom is -0.459 e. The number of hydrogen-bond donors (Lipinski definition) is 1. The largest absolute Gasteiger partial charge is 0.459 e. The summed E-state index contributed by atoms with van der Waals surface area (Å²) < 4.78 is 6.02. The van der Waals surface area contributed by atoms with Crippen molar-refractivity contribution in [2.75, 3.05) is 20.1 Å². The summed E-state index contributed by atoms with van der Waals surface area (Å²) >= 11 is 0. The van der Waals surface area contributed by atoms with E-state index in [0.717, 1.165) is 31.0 Å². The SMILES string of the molecule is C#CCN(C)Cc1oc2ccccc2c1CNCC(C)C. The van der Waals surface area contributed by atoms with Crippen LogP contribution in [0.4, 0.5) is 0 Å². The molecule has 0 unspecified atom stereocenters. The summed E-state index contributed by atoms with van der Waals surface area (Å²) in [4.78, 5) is 2.09. The number of hydrogen-bond acceptors (Lipinski definition) is 3. The normalized spacial score (nSPS) is 11.4. The van der Waals surface area contributed by atoms with Crippen LogP contribution in [0, 0.1) is 18.3 Å². The molecule has 2 rings (SSSR count). The Bertz CT molecular complexity index is 622. The van der Waals surface area contributed by atoms with Crippen LogP contribution in [0.15, 0.2) is 28.7 Å². The lowest BCUT2D eigenvalue weighted by molar-refractivity contribution is 0.329. The molecule has 112 valence electrons. The summed E-state index contributed by atoms with van der Waals surface area (Å²) in [6.07, 6.45) is 5.38. The Morgan fingerprint density at radius 1 is 1.33 bits per heavy atom. The van der Waals surface area contributed by atoms with Gasteiger partial charge in [0.2, 0.25) is 0 Å². The van der Waals surface area contributed by atoms with Gasteiger partial charge in [0.1, 0.15) is 11.3 Å². The highest BCUT2D eigenvalue weighted by Gasteiger charge is 2.15. The number of para-hydroxylation sites is 1. The van der Waals surface area contributed by atoms with Gasteiger partial charge in [0.05, 0.1) is 13.1 Å². The summed E-state index contributed by atoms with van der Waals surface area (Å²) in [6.45, 7) is 7.60. The number of nitrogens with zero attached hydrogens (tertiary/aromatic N) is 1. The van der Waals surface area contributed by atoms with Gasteiger partial charge in [-0.15, -0.1) is 6.42 Å². The predicted octanol–water partition coefficient (Wildman–Crippen LogP) is 3.24. The van der Waals surface area contributed by atoms with Gasteiger partial charge in [-0.1, -0.05) is 38.0 Å². The molecule has 0 aliphatic carbocycles. The maximum atomic E-state index is 6.02. The first-order valence-electron chi connectivity index (χ1n) is 7.43. The van der Waals surface area contributed by atoms with Gasteiger partial charge in [0.25, 0.3) is 0 Å². The maximum Gasteiger partial charge on any atom is 0.134 e. The van der Waals surface area contributed by atoms with E-state index in [9.17, 15) is 0 Å². The Kier molecular flexibility index (Phi) is 5.44. The van der Waals surface area contributed by atoms with Crippen LogP contribution < -0.4 is 5.32 Å². The molecule has 0 amide bonds. The summed E-state index contributed by atoms with van der Waals surface area (Å²) in [6, 6.07) is 8.20. The Morgan fingerprint density at radius 2 is 2.10 bits per heavy atom. The average Bonchev–Trinajstić information content (AvgIpc) is 2.76. The molecule has 1 aromatic heterocycles. The maximum absolute atomic E-state index is 6.02. The highest BCUT2D eigenvalue weighted by Crippen LogP contribution is 2.26. The van der Waals surface area contributed by atoms with Crippen LogP contribution in [0.2, 0.25) is 0 Å². The van der Waals surface area contributed by atoms with Gasteiger partial charge in [-0.25, -0.2) is 0 Å². The fraction of sp³-hybridized carbons (Fsp3) is 0.444. The summed E-state index contributed by atoms with van der Waals surface area (Å²) in [7, 11) is 2.01. The van der Waals surface area contributed by atoms with Crippen molar-refractivity contribution in [3.8, 4) is 12.3 Å². The average molecular weight is 284 g/mol. The van der Waals surface area contributed by atoms with Gasteiger partial charge < -0.3 is 9.73 Å². The van der Waals surface area contributed by atoms with E-state index in [2.05, 4.69) is 42.1 Å². The lowest BCUT2D eigenvalue weighted by Crippen LogP contribution is -2.22. The zero-order valence-corrected chi connectivity index (χ0v) is 13.1. The second-order valence-corrected chi connectivity index (χ2v) is 5.90. The summed E-state index contributed by atoms with van der Waals surface area (Å²) in [5, 5.41) is 4.70. The van der Waals surface area contributed by atoms with Crippen molar-refractivity contribution >= 4 is 11.0 Å².